The lowest BCUT2D eigenvalue weighted by molar-refractivity contribution is -0.129. The summed E-state index contributed by atoms with van der Waals surface area (Å²) in [6, 6.07) is 5.72. The average molecular weight is 519 g/mol. The van der Waals surface area contributed by atoms with Crippen LogP contribution in [0.3, 0.4) is 0 Å². The number of amides is 3. The molecular formula is C24H30N4O5S2. The van der Waals surface area contributed by atoms with Gasteiger partial charge in [-0.15, -0.1) is 11.3 Å². The van der Waals surface area contributed by atoms with Crippen molar-refractivity contribution in [1.29, 1.82) is 0 Å². The maximum Gasteiger partial charge on any atom is 0.257 e. The number of hydrogen-bond donors (Lipinski definition) is 1. The van der Waals surface area contributed by atoms with Crippen LogP contribution in [-0.4, -0.2) is 74.0 Å². The van der Waals surface area contributed by atoms with Gasteiger partial charge in [-0.1, -0.05) is 0 Å². The SMILES string of the molecule is CC(=O)N1CCc2c(sc(NC(=O)c3ccc(S(=O)(=O)N(C)C)cc3)c2C(=O)N2CCCCC2)C1. The van der Waals surface area contributed by atoms with Crippen molar-refractivity contribution in [3.05, 3.63) is 45.8 Å². The summed E-state index contributed by atoms with van der Waals surface area (Å²) in [5.74, 6) is -0.527. The fourth-order valence-corrected chi connectivity index (χ4v) is 6.56. The molecule has 35 heavy (non-hydrogen) atoms. The highest BCUT2D eigenvalue weighted by Gasteiger charge is 2.32. The van der Waals surface area contributed by atoms with Crippen molar-refractivity contribution < 1.29 is 22.8 Å². The highest BCUT2D eigenvalue weighted by Crippen LogP contribution is 2.38. The molecule has 0 saturated carbocycles. The van der Waals surface area contributed by atoms with Crippen LogP contribution >= 0.6 is 11.3 Å². The predicted molar refractivity (Wildman–Crippen MR) is 134 cm³/mol. The number of benzene rings is 1. The van der Waals surface area contributed by atoms with Gasteiger partial charge in [-0.3, -0.25) is 14.4 Å². The quantitative estimate of drug-likeness (QED) is 0.655. The fourth-order valence-electron chi connectivity index (χ4n) is 4.41. The topological polar surface area (TPSA) is 107 Å². The molecule has 9 nitrogen and oxygen atoms in total. The molecule has 3 amide bonds. The van der Waals surface area contributed by atoms with E-state index in [1.165, 1.54) is 56.6 Å². The van der Waals surface area contributed by atoms with Gasteiger partial charge in [-0.25, -0.2) is 12.7 Å². The third-order valence-electron chi connectivity index (χ3n) is 6.48. The molecule has 2 aromatic rings. The molecule has 0 bridgehead atoms. The number of anilines is 1. The van der Waals surface area contributed by atoms with Gasteiger partial charge in [0.2, 0.25) is 15.9 Å². The lowest BCUT2D eigenvalue weighted by Crippen LogP contribution is -2.38. The van der Waals surface area contributed by atoms with Crippen LogP contribution in [-0.2, 0) is 27.8 Å². The molecular weight excluding hydrogens is 488 g/mol. The predicted octanol–water partition coefficient (Wildman–Crippen LogP) is 2.78. The zero-order valence-electron chi connectivity index (χ0n) is 20.2. The first kappa shape index (κ1) is 25.3. The summed E-state index contributed by atoms with van der Waals surface area (Å²) in [5.41, 5.74) is 1.72. The molecule has 0 radical (unpaired) electrons. The second-order valence-corrected chi connectivity index (χ2v) is 12.3. The first-order valence-corrected chi connectivity index (χ1v) is 13.9. The second-order valence-electron chi connectivity index (χ2n) is 9.02. The largest absolute Gasteiger partial charge is 0.339 e. The summed E-state index contributed by atoms with van der Waals surface area (Å²) in [5, 5.41) is 3.38. The molecule has 4 rings (SSSR count). The Balaban J connectivity index is 1.64. The van der Waals surface area contributed by atoms with Gasteiger partial charge >= 0.3 is 0 Å². The van der Waals surface area contributed by atoms with Crippen molar-refractivity contribution in [1.82, 2.24) is 14.1 Å². The zero-order chi connectivity index (χ0) is 25.3. The van der Waals surface area contributed by atoms with Gasteiger partial charge in [-0.05, 0) is 55.5 Å². The summed E-state index contributed by atoms with van der Waals surface area (Å²) in [6.07, 6.45) is 3.58. The van der Waals surface area contributed by atoms with E-state index in [4.69, 9.17) is 0 Å². The average Bonchev–Trinajstić information content (AvgIpc) is 3.20. The minimum atomic E-state index is -3.60. The summed E-state index contributed by atoms with van der Waals surface area (Å²) in [7, 11) is -0.708. The molecule has 2 aliphatic heterocycles. The number of sulfonamides is 1. The zero-order valence-corrected chi connectivity index (χ0v) is 21.8. The van der Waals surface area contributed by atoms with Crippen molar-refractivity contribution in [2.75, 3.05) is 39.0 Å². The number of hydrogen-bond acceptors (Lipinski definition) is 6. The third kappa shape index (κ3) is 5.12. The Morgan fingerprint density at radius 1 is 0.971 bits per heavy atom. The smallest absolute Gasteiger partial charge is 0.257 e. The highest BCUT2D eigenvalue weighted by molar-refractivity contribution is 7.89. The Morgan fingerprint density at radius 2 is 1.63 bits per heavy atom. The van der Waals surface area contributed by atoms with E-state index < -0.39 is 15.9 Å². The van der Waals surface area contributed by atoms with E-state index in [0.29, 0.717) is 43.2 Å². The van der Waals surface area contributed by atoms with E-state index in [1.54, 1.807) is 4.90 Å². The summed E-state index contributed by atoms with van der Waals surface area (Å²) in [6.45, 7) is 3.87. The van der Waals surface area contributed by atoms with Crippen molar-refractivity contribution in [3.8, 4) is 0 Å². The van der Waals surface area contributed by atoms with Crippen LogP contribution in [0.2, 0.25) is 0 Å². The number of thiophene rings is 1. The molecule has 0 aliphatic carbocycles. The van der Waals surface area contributed by atoms with Gasteiger partial charge in [0, 0.05) is 51.1 Å². The maximum absolute atomic E-state index is 13.5. The number of piperidine rings is 1. The van der Waals surface area contributed by atoms with E-state index in [1.807, 2.05) is 4.90 Å². The van der Waals surface area contributed by atoms with Crippen LogP contribution in [0.1, 0.15) is 57.3 Å². The Labute approximate surface area is 209 Å². The highest BCUT2D eigenvalue weighted by atomic mass is 32.2. The van der Waals surface area contributed by atoms with Crippen LogP contribution in [0.5, 0.6) is 0 Å². The Bertz CT molecular complexity index is 1250. The number of carbonyl (C=O) groups excluding carboxylic acids is 3. The van der Waals surface area contributed by atoms with Crippen LogP contribution in [0.15, 0.2) is 29.2 Å². The first-order chi connectivity index (χ1) is 16.6. The fraction of sp³-hybridized carbons (Fsp3) is 0.458. The van der Waals surface area contributed by atoms with Crippen molar-refractivity contribution in [2.24, 2.45) is 0 Å². The molecule has 0 unspecified atom stereocenters. The van der Waals surface area contributed by atoms with Crippen molar-refractivity contribution in [3.63, 3.8) is 0 Å². The van der Waals surface area contributed by atoms with E-state index in [9.17, 15) is 22.8 Å². The second kappa shape index (κ2) is 10.1. The van der Waals surface area contributed by atoms with Crippen LogP contribution in [0, 0.1) is 0 Å². The number of carbonyl (C=O) groups is 3. The van der Waals surface area contributed by atoms with Crippen LogP contribution in [0.4, 0.5) is 5.00 Å². The standard InChI is InChI=1S/C24H30N4O5S2/c1-16(29)28-14-11-19-20(15-28)34-23(21(19)24(31)27-12-5-4-6-13-27)25-22(30)17-7-9-18(10-8-17)35(32,33)26(2)3/h7-10H,4-6,11-15H2,1-3H3,(H,25,30). The number of rotatable bonds is 5. The molecule has 1 aromatic carbocycles. The Morgan fingerprint density at radius 3 is 2.23 bits per heavy atom. The third-order valence-corrected chi connectivity index (χ3v) is 9.44. The number of likely N-dealkylation sites (tertiary alicyclic amines) is 1. The summed E-state index contributed by atoms with van der Waals surface area (Å²) < 4.78 is 25.7. The minimum absolute atomic E-state index is 0.0219. The van der Waals surface area contributed by atoms with Gasteiger partial charge in [0.15, 0.2) is 0 Å². The van der Waals surface area contributed by atoms with E-state index in [-0.39, 0.29) is 22.3 Å². The number of nitrogens with zero attached hydrogens (tertiary/aromatic N) is 3. The van der Waals surface area contributed by atoms with Gasteiger partial charge < -0.3 is 15.1 Å². The van der Waals surface area contributed by atoms with Gasteiger partial charge in [0.05, 0.1) is 17.0 Å². The minimum Gasteiger partial charge on any atom is -0.339 e. The molecule has 0 spiro atoms. The van der Waals surface area contributed by atoms with Gasteiger partial charge in [0.1, 0.15) is 5.00 Å². The molecule has 1 fully saturated rings. The lowest BCUT2D eigenvalue weighted by Gasteiger charge is -2.29. The first-order valence-electron chi connectivity index (χ1n) is 11.6. The molecule has 188 valence electrons. The van der Waals surface area contributed by atoms with Crippen molar-refractivity contribution >= 4 is 44.1 Å². The molecule has 0 atom stereocenters. The molecule has 1 N–H and O–H groups in total. The van der Waals surface area contributed by atoms with Crippen LogP contribution < -0.4 is 5.32 Å². The maximum atomic E-state index is 13.5. The number of nitrogens with one attached hydrogen (secondary N) is 1. The van der Waals surface area contributed by atoms with Gasteiger partial charge in [-0.2, -0.15) is 0 Å². The lowest BCUT2D eigenvalue weighted by atomic mass is 10.0. The molecule has 1 saturated heterocycles. The normalized spacial score (nSPS) is 16.2. The van der Waals surface area contributed by atoms with E-state index in [0.717, 1.165) is 34.0 Å². The van der Waals surface area contributed by atoms with Crippen LogP contribution in [0.25, 0.3) is 0 Å². The molecule has 2 aliphatic rings. The number of fused-ring (bicyclic) bond motifs is 1. The Kier molecular flexibility index (Phi) is 7.30. The monoisotopic (exact) mass is 518 g/mol. The summed E-state index contributed by atoms with van der Waals surface area (Å²) >= 11 is 1.33. The molecule has 11 heteroatoms. The molecule has 3 heterocycles. The van der Waals surface area contributed by atoms with E-state index >= 15 is 0 Å². The van der Waals surface area contributed by atoms with Gasteiger partial charge in [0.25, 0.3) is 11.8 Å². The molecule has 1 aromatic heterocycles. The van der Waals surface area contributed by atoms with Crippen molar-refractivity contribution in [2.45, 2.75) is 44.0 Å². The van der Waals surface area contributed by atoms with E-state index in [2.05, 4.69) is 5.32 Å². The summed E-state index contributed by atoms with van der Waals surface area (Å²) in [4.78, 5) is 43.1. The Hall–Kier alpha value is -2.76.